The number of cyclic esters (lactones) is 1. The van der Waals surface area contributed by atoms with Crippen LogP contribution in [0, 0.1) is 18.8 Å². The quantitative estimate of drug-likeness (QED) is 0.333. The van der Waals surface area contributed by atoms with Gasteiger partial charge in [-0.25, -0.2) is 4.79 Å². The summed E-state index contributed by atoms with van der Waals surface area (Å²) in [6.07, 6.45) is 4.60. The molecule has 1 aromatic rings. The van der Waals surface area contributed by atoms with E-state index in [2.05, 4.69) is 5.32 Å². The summed E-state index contributed by atoms with van der Waals surface area (Å²) < 4.78 is 5.39. The van der Waals surface area contributed by atoms with Crippen molar-refractivity contribution in [2.24, 2.45) is 11.8 Å². The molecule has 1 amide bonds. The van der Waals surface area contributed by atoms with Crippen molar-refractivity contribution in [2.45, 2.75) is 64.8 Å². The second-order valence-electron chi connectivity index (χ2n) is 9.96. The fourth-order valence-electron chi connectivity index (χ4n) is 5.11. The number of hydrogen-bond acceptors (Lipinski definition) is 8. The molecule has 1 fully saturated rings. The highest BCUT2D eigenvalue weighted by atomic mass is 16.6. The molecule has 5 atom stereocenters. The van der Waals surface area contributed by atoms with Gasteiger partial charge in [-0.15, -0.1) is 0 Å². The van der Waals surface area contributed by atoms with E-state index in [4.69, 9.17) is 4.74 Å². The van der Waals surface area contributed by atoms with Gasteiger partial charge < -0.3 is 25.4 Å². The van der Waals surface area contributed by atoms with Crippen LogP contribution in [0.15, 0.2) is 41.6 Å². The number of rotatable bonds is 1. The lowest BCUT2D eigenvalue weighted by atomic mass is 9.72. The second-order valence-corrected chi connectivity index (χ2v) is 9.96. The summed E-state index contributed by atoms with van der Waals surface area (Å²) in [5.74, 6) is -4.33. The summed E-state index contributed by atoms with van der Waals surface area (Å²) in [7, 11) is 0. The molecule has 4 bridgehead atoms. The Morgan fingerprint density at radius 1 is 1.14 bits per heavy atom. The van der Waals surface area contributed by atoms with Crippen molar-refractivity contribution < 1.29 is 39.2 Å². The Hall–Kier alpha value is -3.56. The van der Waals surface area contributed by atoms with Crippen molar-refractivity contribution >= 4 is 23.4 Å². The number of aliphatic hydroxyl groups is 2. The number of ketones is 2. The van der Waals surface area contributed by atoms with E-state index in [0.717, 1.165) is 6.08 Å². The lowest BCUT2D eigenvalue weighted by Crippen LogP contribution is -2.39. The van der Waals surface area contributed by atoms with Crippen LogP contribution in [0.5, 0.6) is 5.75 Å². The lowest BCUT2D eigenvalue weighted by molar-refractivity contribution is -0.147. The molecule has 0 saturated carbocycles. The number of benzene rings is 1. The third kappa shape index (κ3) is 4.42. The Morgan fingerprint density at radius 3 is 2.51 bits per heavy atom. The number of carbonyl (C=O) groups excluding carboxylic acids is 4. The molecule has 0 spiro atoms. The molecule has 4 rings (SSSR count). The Morgan fingerprint density at radius 2 is 1.84 bits per heavy atom. The lowest BCUT2D eigenvalue weighted by Gasteiger charge is -2.34. The zero-order valence-electron chi connectivity index (χ0n) is 21.2. The smallest absolute Gasteiger partial charge is 0.333 e. The van der Waals surface area contributed by atoms with Gasteiger partial charge in [-0.2, -0.15) is 0 Å². The first-order valence-electron chi connectivity index (χ1n) is 12.4. The number of carbonyl (C=O) groups is 4. The normalized spacial score (nSPS) is 32.6. The highest BCUT2D eigenvalue weighted by Crippen LogP contribution is 2.49. The molecule has 9 nitrogen and oxygen atoms in total. The minimum Gasteiger partial charge on any atom is -0.507 e. The third-order valence-corrected chi connectivity index (χ3v) is 7.46. The Kier molecular flexibility index (Phi) is 6.96. The Labute approximate surface area is 214 Å². The maximum Gasteiger partial charge on any atom is 0.333 e. The summed E-state index contributed by atoms with van der Waals surface area (Å²) in [6.45, 7) is 6.42. The number of allylic oxidation sites excluding steroid dienone is 2. The number of nitrogens with one attached hydrogen (secondary N) is 1. The number of phenolic OH excluding ortho intramolecular Hbond substituents is 1. The number of Topliss-reactive ketones (excluding diaryl/α,β-unsaturated/α-hetero) is 1. The molecule has 1 aliphatic carbocycles. The second kappa shape index (κ2) is 9.72. The average Bonchev–Trinajstić information content (AvgIpc) is 3.09. The van der Waals surface area contributed by atoms with Gasteiger partial charge in [0.25, 0.3) is 0 Å². The molecule has 0 radical (unpaired) electrons. The Balaban J connectivity index is 1.95. The van der Waals surface area contributed by atoms with E-state index >= 15 is 0 Å². The number of aryl methyl sites for hydroxylation is 1. The summed E-state index contributed by atoms with van der Waals surface area (Å²) in [4.78, 5) is 52.4. The molecule has 3 aliphatic rings. The molecule has 196 valence electrons. The number of hydrogen-bond donors (Lipinski definition) is 4. The topological polar surface area (TPSA) is 150 Å². The zero-order valence-corrected chi connectivity index (χ0v) is 21.2. The van der Waals surface area contributed by atoms with Crippen molar-refractivity contribution in [3.8, 4) is 5.75 Å². The van der Waals surface area contributed by atoms with Crippen LogP contribution in [-0.4, -0.2) is 51.0 Å². The number of amides is 1. The van der Waals surface area contributed by atoms with Gasteiger partial charge in [-0.3, -0.25) is 14.4 Å². The third-order valence-electron chi connectivity index (χ3n) is 7.46. The standard InChI is InChI=1S/C28H31NO8/c1-5-16-6-8-19(30)15(4)37-27(35)14(3)11-18-26(34)29-22-12-21(32)23-17(28(18,22)36)10-13(2)25(33)24(23)20(31)9-7-16/h6,8,10-12,15-16,18-19,30,33,36H,5,7,9H2,1-4H3,(H,29,34)/b8-6-,14-11-. The van der Waals surface area contributed by atoms with E-state index in [1.807, 2.05) is 6.92 Å². The minimum atomic E-state index is -2.08. The van der Waals surface area contributed by atoms with E-state index < -0.39 is 47.2 Å². The maximum atomic E-state index is 13.4. The van der Waals surface area contributed by atoms with Crippen LogP contribution in [0.4, 0.5) is 0 Å². The van der Waals surface area contributed by atoms with Gasteiger partial charge in [0.15, 0.2) is 11.6 Å². The first-order valence-corrected chi connectivity index (χ1v) is 12.4. The van der Waals surface area contributed by atoms with Crippen LogP contribution in [0.3, 0.4) is 0 Å². The fourth-order valence-corrected chi connectivity index (χ4v) is 5.11. The predicted octanol–water partition coefficient (Wildman–Crippen LogP) is 2.51. The zero-order chi connectivity index (χ0) is 27.2. The van der Waals surface area contributed by atoms with E-state index in [1.54, 1.807) is 13.0 Å². The van der Waals surface area contributed by atoms with Crippen LogP contribution < -0.4 is 5.32 Å². The molecule has 5 unspecified atom stereocenters. The van der Waals surface area contributed by atoms with Gasteiger partial charge in [-0.1, -0.05) is 25.2 Å². The molecule has 9 heteroatoms. The molecule has 4 N–H and O–H groups in total. The number of aliphatic hydroxyl groups excluding tert-OH is 1. The van der Waals surface area contributed by atoms with Crippen LogP contribution >= 0.6 is 0 Å². The van der Waals surface area contributed by atoms with E-state index in [-0.39, 0.29) is 51.6 Å². The monoisotopic (exact) mass is 509 g/mol. The van der Waals surface area contributed by atoms with Crippen LogP contribution in [0.2, 0.25) is 0 Å². The molecular weight excluding hydrogens is 478 g/mol. The highest BCUT2D eigenvalue weighted by molar-refractivity contribution is 6.17. The first-order chi connectivity index (χ1) is 17.4. The summed E-state index contributed by atoms with van der Waals surface area (Å²) in [5, 5.41) is 35.8. The number of phenols is 1. The molecule has 2 heterocycles. The van der Waals surface area contributed by atoms with E-state index in [9.17, 15) is 34.5 Å². The highest BCUT2D eigenvalue weighted by Gasteiger charge is 2.55. The molecule has 1 saturated heterocycles. The van der Waals surface area contributed by atoms with Gasteiger partial charge in [0, 0.05) is 29.2 Å². The first kappa shape index (κ1) is 26.5. The summed E-state index contributed by atoms with van der Waals surface area (Å²) >= 11 is 0. The maximum absolute atomic E-state index is 13.4. The van der Waals surface area contributed by atoms with Gasteiger partial charge in [0.1, 0.15) is 23.6 Å². The fraction of sp³-hybridized carbons (Fsp3) is 0.429. The van der Waals surface area contributed by atoms with E-state index in [1.165, 1.54) is 32.1 Å². The van der Waals surface area contributed by atoms with Crippen molar-refractivity contribution in [3.63, 3.8) is 0 Å². The largest absolute Gasteiger partial charge is 0.507 e. The number of aromatic hydroxyl groups is 1. The molecule has 37 heavy (non-hydrogen) atoms. The molecule has 0 aromatic heterocycles. The van der Waals surface area contributed by atoms with Crippen LogP contribution in [0.25, 0.3) is 0 Å². The van der Waals surface area contributed by atoms with Gasteiger partial charge in [0.2, 0.25) is 5.91 Å². The van der Waals surface area contributed by atoms with Crippen molar-refractivity contribution in [1.29, 1.82) is 0 Å². The van der Waals surface area contributed by atoms with Crippen molar-refractivity contribution in [1.82, 2.24) is 5.32 Å². The Bertz CT molecular complexity index is 1290. The summed E-state index contributed by atoms with van der Waals surface area (Å²) in [6, 6.07) is 1.39. The van der Waals surface area contributed by atoms with Crippen LogP contribution in [0.1, 0.15) is 71.9 Å². The van der Waals surface area contributed by atoms with Crippen molar-refractivity contribution in [2.75, 3.05) is 0 Å². The summed E-state index contributed by atoms with van der Waals surface area (Å²) in [5.41, 5.74) is -2.23. The van der Waals surface area contributed by atoms with Gasteiger partial charge in [-0.05, 0) is 51.2 Å². The number of ether oxygens (including phenoxy) is 1. The molecular formula is C28H31NO8. The SMILES string of the molecule is CCC1/C=C\C(O)C(C)OC(=O)/C(C)=C\C2C(=O)NC3=CC(=O)c4c(cc(C)c(O)c4C(=O)CC1)C32O. The van der Waals surface area contributed by atoms with Gasteiger partial charge >= 0.3 is 5.97 Å². The van der Waals surface area contributed by atoms with E-state index in [0.29, 0.717) is 12.8 Å². The van der Waals surface area contributed by atoms with Crippen molar-refractivity contribution in [3.05, 3.63) is 63.9 Å². The number of esters is 1. The van der Waals surface area contributed by atoms with Crippen LogP contribution in [-0.2, 0) is 19.9 Å². The molecule has 2 aliphatic heterocycles. The minimum absolute atomic E-state index is 0.00512. The van der Waals surface area contributed by atoms with Gasteiger partial charge in [0.05, 0.1) is 17.2 Å². The predicted molar refractivity (Wildman–Crippen MR) is 133 cm³/mol. The average molecular weight is 510 g/mol. The molecule has 1 aromatic carbocycles.